The van der Waals surface area contributed by atoms with Gasteiger partial charge < -0.3 is 9.47 Å². The van der Waals surface area contributed by atoms with Gasteiger partial charge in [0.05, 0.1) is 23.8 Å². The third kappa shape index (κ3) is 4.36. The Labute approximate surface area is 187 Å². The van der Waals surface area contributed by atoms with Gasteiger partial charge in [-0.1, -0.05) is 24.8 Å². The summed E-state index contributed by atoms with van der Waals surface area (Å²) in [4.78, 5) is 25.1. The molecule has 0 unspecified atom stereocenters. The van der Waals surface area contributed by atoms with Gasteiger partial charge in [0.15, 0.2) is 17.0 Å². The summed E-state index contributed by atoms with van der Waals surface area (Å²) < 4.78 is 38.8. The number of ether oxygens (including phenoxy) is 2. The summed E-state index contributed by atoms with van der Waals surface area (Å²) >= 11 is 0. The number of methoxy groups -OCH3 is 1. The van der Waals surface area contributed by atoms with Crippen molar-refractivity contribution in [1.29, 1.82) is 0 Å². The smallest absolute Gasteiger partial charge is 0.337 e. The fourth-order valence-electron chi connectivity index (χ4n) is 3.47. The molecule has 166 valence electrons. The monoisotopic (exact) mass is 448 g/mol. The van der Waals surface area contributed by atoms with Crippen molar-refractivity contribution in [2.24, 2.45) is 0 Å². The molecule has 1 aliphatic carbocycles. The first kappa shape index (κ1) is 21.9. The zero-order chi connectivity index (χ0) is 23.5. The van der Waals surface area contributed by atoms with Crippen LogP contribution in [0.5, 0.6) is 11.6 Å². The number of pyridine rings is 1. The fraction of sp³-hybridized carbons (Fsp3) is 0.0800. The average Bonchev–Trinajstić information content (AvgIpc) is 3.03. The molecule has 0 amide bonds. The molecular formula is C25H18F2N2O4. The highest BCUT2D eigenvalue weighted by Crippen LogP contribution is 2.30. The van der Waals surface area contributed by atoms with Crippen LogP contribution in [0, 0.1) is 11.6 Å². The number of allylic oxidation sites excluding steroid dienone is 5. The maximum Gasteiger partial charge on any atom is 0.337 e. The summed E-state index contributed by atoms with van der Waals surface area (Å²) in [7, 11) is 1.28. The molecule has 0 fully saturated rings. The fourth-order valence-corrected chi connectivity index (χ4v) is 3.47. The van der Waals surface area contributed by atoms with Crippen molar-refractivity contribution in [3.63, 3.8) is 0 Å². The number of benzene rings is 1. The molecule has 0 N–H and O–H groups in total. The number of aromatic nitrogens is 2. The zero-order valence-corrected chi connectivity index (χ0v) is 17.5. The Morgan fingerprint density at radius 2 is 2.00 bits per heavy atom. The van der Waals surface area contributed by atoms with Crippen LogP contribution in [0.15, 0.2) is 89.4 Å². The zero-order valence-electron chi connectivity index (χ0n) is 17.5. The Hall–Kier alpha value is -4.33. The van der Waals surface area contributed by atoms with Crippen LogP contribution >= 0.6 is 0 Å². The third-order valence-electron chi connectivity index (χ3n) is 5.01. The molecule has 0 saturated heterocycles. The minimum absolute atomic E-state index is 0.0343. The van der Waals surface area contributed by atoms with Gasteiger partial charge in [-0.2, -0.15) is 0 Å². The number of fused-ring (bicyclic) bond motifs is 1. The number of hydrogen-bond acceptors (Lipinski definition) is 5. The Morgan fingerprint density at radius 1 is 1.18 bits per heavy atom. The summed E-state index contributed by atoms with van der Waals surface area (Å²) in [6, 6.07) is 7.32. The minimum atomic E-state index is -0.871. The predicted octanol–water partition coefficient (Wildman–Crippen LogP) is 4.76. The van der Waals surface area contributed by atoms with Crippen molar-refractivity contribution in [3.05, 3.63) is 112 Å². The number of nitrogens with zero attached hydrogens (tertiary/aromatic N) is 2. The average molecular weight is 448 g/mol. The molecule has 0 spiro atoms. The SMILES string of the molecule is C=CC1=CCC=C(C(=O)OC)C=C1c1c(=O)ccn2nc(Oc3ccc(F)cc3F)ccc12. The molecule has 3 aromatic rings. The molecule has 0 atom stereocenters. The molecule has 2 heterocycles. The number of halogens is 2. The van der Waals surface area contributed by atoms with Crippen molar-refractivity contribution in [1.82, 2.24) is 9.61 Å². The summed E-state index contributed by atoms with van der Waals surface area (Å²) in [5, 5.41) is 4.29. The second-order valence-corrected chi connectivity index (χ2v) is 7.04. The van der Waals surface area contributed by atoms with E-state index in [2.05, 4.69) is 11.7 Å². The molecule has 0 aliphatic heterocycles. The van der Waals surface area contributed by atoms with Gasteiger partial charge in [0.2, 0.25) is 5.88 Å². The first-order chi connectivity index (χ1) is 15.9. The van der Waals surface area contributed by atoms with Gasteiger partial charge in [-0.25, -0.2) is 18.1 Å². The summed E-state index contributed by atoms with van der Waals surface area (Å²) in [5.41, 5.74) is 1.90. The van der Waals surface area contributed by atoms with Gasteiger partial charge in [0.25, 0.3) is 0 Å². The van der Waals surface area contributed by atoms with Gasteiger partial charge in [-0.15, -0.1) is 5.10 Å². The summed E-state index contributed by atoms with van der Waals surface area (Å²) in [6.45, 7) is 3.82. The lowest BCUT2D eigenvalue weighted by Gasteiger charge is -2.13. The lowest BCUT2D eigenvalue weighted by molar-refractivity contribution is -0.135. The number of carbonyl (C=O) groups is 1. The lowest BCUT2D eigenvalue weighted by Crippen LogP contribution is -2.13. The number of esters is 1. The van der Waals surface area contributed by atoms with E-state index in [0.717, 1.165) is 12.1 Å². The van der Waals surface area contributed by atoms with Crippen LogP contribution in [0.4, 0.5) is 8.78 Å². The van der Waals surface area contributed by atoms with E-state index in [1.165, 1.54) is 30.0 Å². The van der Waals surface area contributed by atoms with E-state index in [-0.39, 0.29) is 17.1 Å². The highest BCUT2D eigenvalue weighted by Gasteiger charge is 2.19. The molecule has 33 heavy (non-hydrogen) atoms. The molecule has 2 aromatic heterocycles. The third-order valence-corrected chi connectivity index (χ3v) is 5.01. The van der Waals surface area contributed by atoms with E-state index < -0.39 is 17.6 Å². The van der Waals surface area contributed by atoms with Crippen molar-refractivity contribution in [2.75, 3.05) is 7.11 Å². The van der Waals surface area contributed by atoms with Crippen LogP contribution in [0.25, 0.3) is 11.1 Å². The predicted molar refractivity (Wildman–Crippen MR) is 119 cm³/mol. The van der Waals surface area contributed by atoms with Gasteiger partial charge in [0.1, 0.15) is 5.82 Å². The van der Waals surface area contributed by atoms with E-state index in [0.29, 0.717) is 40.3 Å². The molecule has 6 nitrogen and oxygen atoms in total. The number of rotatable bonds is 5. The first-order valence-corrected chi connectivity index (χ1v) is 9.90. The standard InChI is InChI=1S/C25H18F2N2O4/c1-3-15-5-4-6-16(25(31)32-2)13-18(15)24-20-8-10-23(28-29(20)12-11-21(24)30)33-22-9-7-17(26)14-19(22)27/h3,5-14H,1,4H2,2H3. The van der Waals surface area contributed by atoms with Crippen molar-refractivity contribution < 1.29 is 23.0 Å². The molecule has 0 saturated carbocycles. The molecule has 8 heteroatoms. The van der Waals surface area contributed by atoms with Crippen LogP contribution in [-0.4, -0.2) is 22.7 Å². The van der Waals surface area contributed by atoms with Crippen molar-refractivity contribution in [2.45, 2.75) is 6.42 Å². The highest BCUT2D eigenvalue weighted by atomic mass is 19.1. The number of carbonyl (C=O) groups excluding carboxylic acids is 1. The van der Waals surface area contributed by atoms with Crippen molar-refractivity contribution in [3.8, 4) is 11.6 Å². The Kier molecular flexibility index (Phi) is 5.99. The van der Waals surface area contributed by atoms with Crippen LogP contribution in [0.2, 0.25) is 0 Å². The minimum Gasteiger partial charge on any atom is -0.465 e. The van der Waals surface area contributed by atoms with Gasteiger partial charge >= 0.3 is 5.97 Å². The molecule has 0 bridgehead atoms. The molecule has 1 aliphatic rings. The van der Waals surface area contributed by atoms with Crippen LogP contribution in [0.1, 0.15) is 12.0 Å². The van der Waals surface area contributed by atoms with Gasteiger partial charge in [-0.3, -0.25) is 4.79 Å². The van der Waals surface area contributed by atoms with Crippen LogP contribution in [0.3, 0.4) is 0 Å². The second-order valence-electron chi connectivity index (χ2n) is 7.04. The van der Waals surface area contributed by atoms with Gasteiger partial charge in [0, 0.05) is 24.4 Å². The normalized spacial score (nSPS) is 13.5. The van der Waals surface area contributed by atoms with Crippen LogP contribution < -0.4 is 10.2 Å². The summed E-state index contributed by atoms with van der Waals surface area (Å²) in [6.07, 6.45) is 8.64. The Balaban J connectivity index is 1.84. The molecular weight excluding hydrogens is 430 g/mol. The molecule has 4 rings (SSSR count). The van der Waals surface area contributed by atoms with E-state index in [9.17, 15) is 18.4 Å². The largest absolute Gasteiger partial charge is 0.465 e. The lowest BCUT2D eigenvalue weighted by atomic mass is 9.95. The Bertz CT molecular complexity index is 1430. The maximum atomic E-state index is 14.0. The summed E-state index contributed by atoms with van der Waals surface area (Å²) in [5.74, 6) is -2.28. The van der Waals surface area contributed by atoms with E-state index in [1.54, 1.807) is 24.3 Å². The maximum absolute atomic E-state index is 14.0. The van der Waals surface area contributed by atoms with Crippen molar-refractivity contribution >= 4 is 17.1 Å². The Morgan fingerprint density at radius 3 is 2.73 bits per heavy atom. The second kappa shape index (κ2) is 9.04. The first-order valence-electron chi connectivity index (χ1n) is 9.90. The quantitative estimate of drug-likeness (QED) is 0.526. The van der Waals surface area contributed by atoms with E-state index >= 15 is 0 Å². The van der Waals surface area contributed by atoms with E-state index in [4.69, 9.17) is 9.47 Å². The molecule has 0 radical (unpaired) electrons. The van der Waals surface area contributed by atoms with Crippen LogP contribution in [-0.2, 0) is 9.53 Å². The molecule has 1 aromatic carbocycles. The highest BCUT2D eigenvalue weighted by molar-refractivity contribution is 5.99. The topological polar surface area (TPSA) is 69.9 Å². The van der Waals surface area contributed by atoms with Gasteiger partial charge in [-0.05, 0) is 41.8 Å². The van der Waals surface area contributed by atoms with E-state index in [1.807, 2.05) is 6.08 Å². The number of hydrogen-bond donors (Lipinski definition) is 0.